The van der Waals surface area contributed by atoms with Crippen LogP contribution in [0, 0.1) is 11.8 Å². The van der Waals surface area contributed by atoms with Crippen molar-refractivity contribution in [3.8, 4) is 0 Å². The van der Waals surface area contributed by atoms with Crippen molar-refractivity contribution in [2.45, 2.75) is 45.4 Å². The Morgan fingerprint density at radius 3 is 1.92 bits per heavy atom. The van der Waals surface area contributed by atoms with Crippen LogP contribution < -0.4 is 0 Å². The first-order chi connectivity index (χ1) is 11.9. The molecule has 2 nitrogen and oxygen atoms in total. The quantitative estimate of drug-likeness (QED) is 0.554. The third-order valence-electron chi connectivity index (χ3n) is 5.35. The first kappa shape index (κ1) is 22.9. The number of carbonyl (C=O) groups excluding carboxylic acids is 2. The summed E-state index contributed by atoms with van der Waals surface area (Å²) in [7, 11) is 0. The van der Waals surface area contributed by atoms with E-state index in [1.807, 2.05) is 74.5 Å². The molecule has 0 saturated carbocycles. The fourth-order valence-electron chi connectivity index (χ4n) is 3.86. The molecule has 26 heavy (non-hydrogen) atoms. The normalized spacial score (nSPS) is 14.6. The van der Waals surface area contributed by atoms with Gasteiger partial charge in [0.15, 0.2) is 0 Å². The number of Topliss-reactive ketones (excluding diaryl/α,β-unsaturated/α-hetero) is 1. The Labute approximate surface area is 182 Å². The molecule has 2 aromatic rings. The summed E-state index contributed by atoms with van der Waals surface area (Å²) in [5.74, 6) is -0.834. The van der Waals surface area contributed by atoms with E-state index >= 15 is 0 Å². The minimum Gasteiger partial charge on any atom is -0.541 e. The first-order valence-corrected chi connectivity index (χ1v) is 8.92. The molecule has 3 atom stereocenters. The van der Waals surface area contributed by atoms with Gasteiger partial charge >= 0.3 is 0 Å². The molecular weight excluding hydrogens is 397 g/mol. The average molecular weight is 424 g/mol. The summed E-state index contributed by atoms with van der Waals surface area (Å²) in [6.07, 6.45) is 3.04. The van der Waals surface area contributed by atoms with Crippen molar-refractivity contribution in [3.05, 3.63) is 71.8 Å². The molecule has 0 aliphatic carbocycles. The van der Waals surface area contributed by atoms with Gasteiger partial charge in [-0.2, -0.15) is 0 Å². The zero-order chi connectivity index (χ0) is 18.4. The smallest absolute Gasteiger partial charge is 0.131 e. The van der Waals surface area contributed by atoms with Gasteiger partial charge in [0.05, 0.1) is 0 Å². The van der Waals surface area contributed by atoms with Gasteiger partial charge < -0.3 is 4.79 Å². The molecule has 135 valence electrons. The molecule has 3 heteroatoms. The molecule has 0 heterocycles. The molecule has 0 aliphatic heterocycles. The molecule has 0 aromatic heterocycles. The van der Waals surface area contributed by atoms with E-state index in [0.717, 1.165) is 17.5 Å². The second kappa shape index (κ2) is 10.3. The number of hydrogen-bond donors (Lipinski definition) is 0. The van der Waals surface area contributed by atoms with Gasteiger partial charge in [0.2, 0.25) is 0 Å². The average Bonchev–Trinajstić information content (AvgIpc) is 2.63. The standard InChI is InChI=1S/C23H27O2.Y/c1-5-20(18-12-8-6-9-13-18)22(17(2)25)21(16-24)23(3,4)19-14-10-7-11-15-19;/h6-15,20-22H,5H2,1-4H3;/q-1;. The van der Waals surface area contributed by atoms with E-state index in [1.54, 1.807) is 6.92 Å². The van der Waals surface area contributed by atoms with E-state index in [1.165, 1.54) is 0 Å². The molecule has 0 N–H and O–H groups in total. The summed E-state index contributed by atoms with van der Waals surface area (Å²) >= 11 is 0. The third kappa shape index (κ3) is 4.99. The monoisotopic (exact) mass is 424 g/mol. The van der Waals surface area contributed by atoms with Crippen molar-refractivity contribution in [2.24, 2.45) is 11.8 Å². The number of carbonyl (C=O) groups is 1. The van der Waals surface area contributed by atoms with E-state index in [0.29, 0.717) is 0 Å². The maximum atomic E-state index is 12.6. The summed E-state index contributed by atoms with van der Waals surface area (Å²) in [5.41, 5.74) is 1.69. The zero-order valence-corrected chi connectivity index (χ0v) is 18.9. The summed E-state index contributed by atoms with van der Waals surface area (Å²) < 4.78 is 0. The summed E-state index contributed by atoms with van der Waals surface area (Å²) in [5, 5.41) is 0. The predicted octanol–water partition coefficient (Wildman–Crippen LogP) is 5.09. The number of rotatable bonds is 8. The van der Waals surface area contributed by atoms with Crippen LogP contribution in [0.15, 0.2) is 60.7 Å². The second-order valence-corrected chi connectivity index (χ2v) is 7.25. The predicted molar refractivity (Wildman–Crippen MR) is 102 cm³/mol. The van der Waals surface area contributed by atoms with Crippen molar-refractivity contribution in [2.75, 3.05) is 0 Å². The number of benzene rings is 2. The molecule has 0 saturated heterocycles. The molecule has 0 aliphatic rings. The van der Waals surface area contributed by atoms with Crippen LogP contribution in [-0.2, 0) is 47.7 Å². The molecule has 3 unspecified atom stereocenters. The van der Waals surface area contributed by atoms with Crippen LogP contribution in [0.25, 0.3) is 0 Å². The Morgan fingerprint density at radius 2 is 1.50 bits per heavy atom. The van der Waals surface area contributed by atoms with Gasteiger partial charge in [-0.15, -0.1) is 5.92 Å². The fraction of sp³-hybridized carbons (Fsp3) is 0.391. The first-order valence-electron chi connectivity index (χ1n) is 8.92. The van der Waals surface area contributed by atoms with E-state index < -0.39 is 11.3 Å². The van der Waals surface area contributed by atoms with Gasteiger partial charge in [0.25, 0.3) is 0 Å². The van der Waals surface area contributed by atoms with Crippen molar-refractivity contribution < 1.29 is 42.3 Å². The minimum atomic E-state index is -0.502. The summed E-state index contributed by atoms with van der Waals surface area (Å²) in [6, 6.07) is 20.0. The van der Waals surface area contributed by atoms with Crippen molar-refractivity contribution in [3.63, 3.8) is 0 Å². The Hall–Kier alpha value is -1.12. The molecule has 0 fully saturated rings. The molecule has 0 amide bonds. The Kier molecular flexibility index (Phi) is 9.06. The zero-order valence-electron chi connectivity index (χ0n) is 16.1. The van der Waals surface area contributed by atoms with Gasteiger partial charge in [0.1, 0.15) is 5.78 Å². The van der Waals surface area contributed by atoms with Crippen molar-refractivity contribution in [1.29, 1.82) is 0 Å². The van der Waals surface area contributed by atoms with Crippen LogP contribution in [0.3, 0.4) is 0 Å². The Morgan fingerprint density at radius 1 is 1.00 bits per heavy atom. The molecule has 0 spiro atoms. The number of ketones is 1. The Balaban J connectivity index is 0.00000338. The summed E-state index contributed by atoms with van der Waals surface area (Å²) in [4.78, 5) is 24.7. The van der Waals surface area contributed by atoms with Crippen LogP contribution in [-0.4, -0.2) is 12.1 Å². The largest absolute Gasteiger partial charge is 0.541 e. The molecule has 1 radical (unpaired) electrons. The van der Waals surface area contributed by atoms with Gasteiger partial charge in [0, 0.05) is 38.6 Å². The van der Waals surface area contributed by atoms with E-state index in [9.17, 15) is 9.59 Å². The van der Waals surface area contributed by atoms with Crippen LogP contribution in [0.5, 0.6) is 0 Å². The van der Waals surface area contributed by atoms with Gasteiger partial charge in [-0.25, -0.2) is 0 Å². The van der Waals surface area contributed by atoms with E-state index in [2.05, 4.69) is 13.2 Å². The fourth-order valence-corrected chi connectivity index (χ4v) is 3.86. The Bertz CT molecular complexity index is 695. The maximum Gasteiger partial charge on any atom is 0.131 e. The molecule has 0 bridgehead atoms. The van der Waals surface area contributed by atoms with Crippen molar-refractivity contribution in [1.82, 2.24) is 0 Å². The minimum absolute atomic E-state index is 0. The number of hydrogen-bond acceptors (Lipinski definition) is 2. The van der Waals surface area contributed by atoms with Gasteiger partial charge in [-0.1, -0.05) is 81.4 Å². The molecule has 2 rings (SSSR count). The van der Waals surface area contributed by atoms with Gasteiger partial charge in [-0.05, 0) is 35.8 Å². The van der Waals surface area contributed by atoms with E-state index in [-0.39, 0.29) is 50.3 Å². The topological polar surface area (TPSA) is 34.1 Å². The maximum absolute atomic E-state index is 12.6. The van der Waals surface area contributed by atoms with Crippen LogP contribution in [0.1, 0.15) is 51.2 Å². The molecule has 2 aromatic carbocycles. The summed E-state index contributed by atoms with van der Waals surface area (Å²) in [6.45, 7) is 7.74. The third-order valence-corrected chi connectivity index (χ3v) is 5.35. The van der Waals surface area contributed by atoms with Crippen molar-refractivity contribution >= 4 is 12.1 Å². The molecular formula is C23H27O2Y-. The van der Waals surface area contributed by atoms with Crippen LogP contribution in [0.4, 0.5) is 0 Å². The van der Waals surface area contributed by atoms with Gasteiger partial charge in [-0.3, -0.25) is 11.1 Å². The van der Waals surface area contributed by atoms with E-state index in [4.69, 9.17) is 0 Å². The van der Waals surface area contributed by atoms with Crippen LogP contribution in [0.2, 0.25) is 0 Å². The SMILES string of the molecule is CCC(c1ccccc1)C(C(C)=O)C([C-]=O)C(C)(C)c1ccccc1.[Y]. The van der Waals surface area contributed by atoms with Crippen LogP contribution >= 0.6 is 0 Å². The second-order valence-electron chi connectivity index (χ2n) is 7.25.